The average Bonchev–Trinajstić information content (AvgIpc) is 3.06. The molecular formula is C43H49N3O. The Balaban J connectivity index is 0.000000244. The lowest BCUT2D eigenvalue weighted by atomic mass is 9.80. The molecule has 2 unspecified atom stereocenters. The number of hydrogen-bond donors (Lipinski definition) is 1. The van der Waals surface area contributed by atoms with Crippen molar-refractivity contribution in [1.29, 1.82) is 0 Å². The Labute approximate surface area is 281 Å². The lowest BCUT2D eigenvalue weighted by Crippen LogP contribution is -2.16. The minimum absolute atomic E-state index is 0.00859. The number of aryl methyl sites for hydroxylation is 1. The highest BCUT2D eigenvalue weighted by molar-refractivity contribution is 5.87. The number of benzene rings is 5. The summed E-state index contributed by atoms with van der Waals surface area (Å²) < 4.78 is 0. The maximum Gasteiger partial charge on any atom is 0.139 e. The minimum Gasteiger partial charge on any atom is -0.507 e. The van der Waals surface area contributed by atoms with Crippen molar-refractivity contribution in [2.75, 3.05) is 0 Å². The van der Waals surface area contributed by atoms with E-state index in [-0.39, 0.29) is 22.7 Å². The van der Waals surface area contributed by atoms with Crippen LogP contribution in [0.2, 0.25) is 0 Å². The van der Waals surface area contributed by atoms with Crippen LogP contribution in [0.3, 0.4) is 0 Å². The predicted molar refractivity (Wildman–Crippen MR) is 198 cm³/mol. The zero-order valence-corrected chi connectivity index (χ0v) is 29.5. The monoisotopic (exact) mass is 623 g/mol. The summed E-state index contributed by atoms with van der Waals surface area (Å²) >= 11 is 0. The second-order valence-corrected chi connectivity index (χ2v) is 14.6. The molecule has 0 amide bonds. The van der Waals surface area contributed by atoms with Crippen LogP contribution in [0, 0.1) is 0 Å². The van der Waals surface area contributed by atoms with Crippen LogP contribution in [0.1, 0.15) is 114 Å². The summed E-state index contributed by atoms with van der Waals surface area (Å²) in [6.07, 6.45) is 0.785. The summed E-state index contributed by atoms with van der Waals surface area (Å²) in [5.74, 6) is 3.15. The zero-order chi connectivity index (χ0) is 33.9. The third-order valence-corrected chi connectivity index (χ3v) is 9.04. The Morgan fingerprint density at radius 1 is 0.532 bits per heavy atom. The van der Waals surface area contributed by atoms with Gasteiger partial charge >= 0.3 is 0 Å². The number of phenolic OH excluding ortho intramolecular Hbond substituents is 1. The van der Waals surface area contributed by atoms with E-state index in [9.17, 15) is 5.11 Å². The number of hydrogen-bond acceptors (Lipinski definition) is 4. The largest absolute Gasteiger partial charge is 0.507 e. The minimum atomic E-state index is -0.00859. The van der Waals surface area contributed by atoms with Crippen molar-refractivity contribution in [3.05, 3.63) is 143 Å². The van der Waals surface area contributed by atoms with Gasteiger partial charge in [-0.25, -0.2) is 15.0 Å². The molecule has 0 radical (unpaired) electrons. The molecule has 0 spiro atoms. The second-order valence-electron chi connectivity index (χ2n) is 14.6. The van der Waals surface area contributed by atoms with Gasteiger partial charge in [-0.1, -0.05) is 165 Å². The molecule has 0 aliphatic rings. The first-order chi connectivity index (χ1) is 22.3. The molecule has 5 aromatic carbocycles. The number of fused-ring (bicyclic) bond motifs is 2. The van der Waals surface area contributed by atoms with Crippen LogP contribution in [0.5, 0.6) is 5.75 Å². The van der Waals surface area contributed by atoms with Crippen molar-refractivity contribution >= 4 is 21.5 Å². The van der Waals surface area contributed by atoms with Gasteiger partial charge in [0.05, 0.1) is 0 Å². The molecule has 242 valence electrons. The fourth-order valence-corrected chi connectivity index (χ4v) is 6.29. The van der Waals surface area contributed by atoms with Gasteiger partial charge in [0.1, 0.15) is 23.2 Å². The van der Waals surface area contributed by atoms with Crippen LogP contribution in [-0.2, 0) is 17.3 Å². The van der Waals surface area contributed by atoms with Crippen LogP contribution in [0.4, 0.5) is 0 Å². The molecule has 0 saturated carbocycles. The van der Waals surface area contributed by atoms with Gasteiger partial charge in [0, 0.05) is 18.3 Å². The third kappa shape index (κ3) is 7.38. The molecule has 0 saturated heterocycles. The van der Waals surface area contributed by atoms with Gasteiger partial charge in [0.2, 0.25) is 0 Å². The first-order valence-electron chi connectivity index (χ1n) is 16.8. The molecule has 47 heavy (non-hydrogen) atoms. The fraction of sp³-hybridized carbons (Fsp3) is 0.326. The maximum absolute atomic E-state index is 10.3. The van der Waals surface area contributed by atoms with E-state index in [2.05, 4.69) is 147 Å². The van der Waals surface area contributed by atoms with Crippen LogP contribution < -0.4 is 0 Å². The van der Waals surface area contributed by atoms with Gasteiger partial charge in [0.25, 0.3) is 0 Å². The van der Waals surface area contributed by atoms with Gasteiger partial charge in [-0.3, -0.25) is 0 Å². The summed E-state index contributed by atoms with van der Waals surface area (Å²) in [7, 11) is 0. The lowest BCUT2D eigenvalue weighted by molar-refractivity contribution is 0.423. The van der Waals surface area contributed by atoms with Gasteiger partial charge in [0.15, 0.2) is 0 Å². The van der Waals surface area contributed by atoms with E-state index in [0.717, 1.165) is 35.0 Å². The Bertz CT molecular complexity index is 1850. The molecule has 4 nitrogen and oxygen atoms in total. The number of aromatic nitrogens is 3. The van der Waals surface area contributed by atoms with Gasteiger partial charge < -0.3 is 5.11 Å². The molecule has 6 rings (SSSR count). The summed E-state index contributed by atoms with van der Waals surface area (Å²) in [4.78, 5) is 14.7. The number of aromatic hydroxyl groups is 1. The summed E-state index contributed by atoms with van der Waals surface area (Å²) in [5, 5.41) is 15.3. The molecule has 1 heterocycles. The van der Waals surface area contributed by atoms with Crippen LogP contribution in [0.25, 0.3) is 21.5 Å². The molecule has 0 fully saturated rings. The SMILES string of the molecule is CC(C)(C)c1cccc(C(C)(C)C)c1O.CCc1nc(C(C)c2cccc3ccccc23)nc(C(C)c2cccc3ccccc23)n1. The quantitative estimate of drug-likeness (QED) is 0.208. The summed E-state index contributed by atoms with van der Waals surface area (Å²) in [5.41, 5.74) is 4.53. The Morgan fingerprint density at radius 2 is 0.915 bits per heavy atom. The van der Waals surface area contributed by atoms with E-state index in [0.29, 0.717) is 5.75 Å². The van der Waals surface area contributed by atoms with E-state index in [1.807, 2.05) is 18.2 Å². The fourth-order valence-electron chi connectivity index (χ4n) is 6.29. The van der Waals surface area contributed by atoms with Crippen LogP contribution in [-0.4, -0.2) is 20.1 Å². The van der Waals surface area contributed by atoms with Crippen molar-refractivity contribution in [1.82, 2.24) is 15.0 Å². The van der Waals surface area contributed by atoms with E-state index in [1.165, 1.54) is 32.7 Å². The molecule has 0 aliphatic carbocycles. The Morgan fingerprint density at radius 3 is 1.32 bits per heavy atom. The number of para-hydroxylation sites is 1. The van der Waals surface area contributed by atoms with E-state index < -0.39 is 0 Å². The van der Waals surface area contributed by atoms with Gasteiger partial charge in [-0.05, 0) is 54.6 Å². The van der Waals surface area contributed by atoms with Crippen molar-refractivity contribution in [2.45, 2.75) is 91.4 Å². The van der Waals surface area contributed by atoms with E-state index in [1.54, 1.807) is 0 Å². The van der Waals surface area contributed by atoms with E-state index in [4.69, 9.17) is 15.0 Å². The summed E-state index contributed by atoms with van der Waals surface area (Å²) in [6.45, 7) is 19.2. The Hall–Kier alpha value is -4.57. The molecule has 1 aromatic heterocycles. The number of nitrogens with zero attached hydrogens (tertiary/aromatic N) is 3. The van der Waals surface area contributed by atoms with Gasteiger partial charge in [-0.15, -0.1) is 0 Å². The van der Waals surface area contributed by atoms with Crippen molar-refractivity contribution in [2.24, 2.45) is 0 Å². The molecule has 1 N–H and O–H groups in total. The molecule has 0 aliphatic heterocycles. The first-order valence-corrected chi connectivity index (χ1v) is 16.8. The average molecular weight is 624 g/mol. The standard InChI is InChI=1S/C29H27N3.C14H22O/c1-4-27-30-28(19(2)23-17-9-13-21-11-5-7-15-25(21)23)32-29(31-27)20(3)24-18-10-14-22-12-6-8-16-26(22)24;1-13(2,3)10-8-7-9-11(12(10)15)14(4,5)6/h5-20H,4H2,1-3H3;7-9,15H,1-6H3. The molecule has 2 atom stereocenters. The third-order valence-electron chi connectivity index (χ3n) is 9.04. The predicted octanol–water partition coefficient (Wildman–Crippen LogP) is 11.0. The van der Waals surface area contributed by atoms with Crippen molar-refractivity contribution in [3.63, 3.8) is 0 Å². The topological polar surface area (TPSA) is 58.9 Å². The zero-order valence-electron chi connectivity index (χ0n) is 29.5. The molecule has 4 heteroatoms. The highest BCUT2D eigenvalue weighted by Gasteiger charge is 2.25. The van der Waals surface area contributed by atoms with Crippen molar-refractivity contribution in [3.8, 4) is 5.75 Å². The maximum atomic E-state index is 10.3. The lowest BCUT2D eigenvalue weighted by Gasteiger charge is -2.26. The smallest absolute Gasteiger partial charge is 0.139 e. The molecular weight excluding hydrogens is 574 g/mol. The van der Waals surface area contributed by atoms with Crippen LogP contribution in [0.15, 0.2) is 103 Å². The molecule has 6 aromatic rings. The highest BCUT2D eigenvalue weighted by atomic mass is 16.3. The van der Waals surface area contributed by atoms with E-state index >= 15 is 0 Å². The number of phenols is 1. The van der Waals surface area contributed by atoms with Gasteiger partial charge in [-0.2, -0.15) is 0 Å². The Kier molecular flexibility index (Phi) is 9.81. The second kappa shape index (κ2) is 13.7. The van der Waals surface area contributed by atoms with Crippen molar-refractivity contribution < 1.29 is 5.11 Å². The number of rotatable bonds is 5. The highest BCUT2D eigenvalue weighted by Crippen LogP contribution is 2.38. The van der Waals surface area contributed by atoms with Crippen LogP contribution >= 0.6 is 0 Å². The first kappa shape index (κ1) is 33.8. The summed E-state index contributed by atoms with van der Waals surface area (Å²) in [6, 6.07) is 36.0. The normalized spacial score (nSPS) is 13.2. The molecule has 0 bridgehead atoms.